The van der Waals surface area contributed by atoms with E-state index in [2.05, 4.69) is 22.5 Å². The van der Waals surface area contributed by atoms with Crippen LogP contribution in [0.1, 0.15) is 22.3 Å². The highest BCUT2D eigenvalue weighted by atomic mass is 35.5. The van der Waals surface area contributed by atoms with Gasteiger partial charge in [0.2, 0.25) is 0 Å². The minimum absolute atomic E-state index is 0.175. The fourth-order valence-electron chi connectivity index (χ4n) is 1.81. The molecule has 0 aliphatic heterocycles. The number of rotatable bonds is 5. The van der Waals surface area contributed by atoms with Crippen molar-refractivity contribution in [1.29, 1.82) is 0 Å². The van der Waals surface area contributed by atoms with E-state index < -0.39 is 0 Å². The molecule has 1 heterocycles. The second-order valence-corrected chi connectivity index (χ2v) is 4.68. The molecule has 0 fully saturated rings. The van der Waals surface area contributed by atoms with Crippen LogP contribution in [0.3, 0.4) is 0 Å². The third-order valence-corrected chi connectivity index (χ3v) is 3.33. The Morgan fingerprint density at radius 2 is 2.11 bits per heavy atom. The van der Waals surface area contributed by atoms with Crippen LogP contribution in [0.4, 0.5) is 0 Å². The van der Waals surface area contributed by atoms with E-state index in [4.69, 9.17) is 11.6 Å². The van der Waals surface area contributed by atoms with Gasteiger partial charge in [-0.25, -0.2) is 0 Å². The summed E-state index contributed by atoms with van der Waals surface area (Å²) in [6, 6.07) is 10.2. The molecule has 0 atom stereocenters. The molecular formula is C14H16ClN3O. The maximum Gasteiger partial charge on any atom is 0.256 e. The smallest absolute Gasteiger partial charge is 0.256 e. The minimum atomic E-state index is -0.175. The van der Waals surface area contributed by atoms with Crippen molar-refractivity contribution >= 4 is 17.5 Å². The van der Waals surface area contributed by atoms with Crippen molar-refractivity contribution in [2.75, 3.05) is 6.54 Å². The van der Waals surface area contributed by atoms with E-state index in [1.165, 1.54) is 16.4 Å². The Morgan fingerprint density at radius 1 is 1.37 bits per heavy atom. The van der Waals surface area contributed by atoms with Crippen LogP contribution in [0, 0.1) is 0 Å². The van der Waals surface area contributed by atoms with Gasteiger partial charge in [0.15, 0.2) is 0 Å². The Bertz CT molecular complexity index is 551. The average molecular weight is 278 g/mol. The Labute approximate surface area is 117 Å². The summed E-state index contributed by atoms with van der Waals surface area (Å²) in [6.07, 6.45) is 3.32. The summed E-state index contributed by atoms with van der Waals surface area (Å²) >= 11 is 5.95. The fourth-order valence-corrected chi connectivity index (χ4v) is 1.99. The zero-order chi connectivity index (χ0) is 13.7. The fraction of sp³-hybridized carbons (Fsp3) is 0.286. The molecule has 0 saturated carbocycles. The number of benzene rings is 1. The number of amides is 1. The molecule has 100 valence electrons. The van der Waals surface area contributed by atoms with E-state index in [9.17, 15) is 4.79 Å². The summed E-state index contributed by atoms with van der Waals surface area (Å²) in [7, 11) is 1.70. The summed E-state index contributed by atoms with van der Waals surface area (Å²) in [4.78, 5) is 11.8. The van der Waals surface area contributed by atoms with E-state index in [0.717, 1.165) is 12.8 Å². The van der Waals surface area contributed by atoms with Crippen LogP contribution in [0.5, 0.6) is 0 Å². The molecule has 0 aliphatic rings. The van der Waals surface area contributed by atoms with Crippen molar-refractivity contribution < 1.29 is 4.79 Å². The second kappa shape index (κ2) is 6.38. The number of hydrogen-bond donors (Lipinski definition) is 1. The van der Waals surface area contributed by atoms with E-state index in [-0.39, 0.29) is 5.91 Å². The van der Waals surface area contributed by atoms with Gasteiger partial charge in [0.1, 0.15) is 5.15 Å². The van der Waals surface area contributed by atoms with Crippen molar-refractivity contribution in [2.45, 2.75) is 12.8 Å². The third kappa shape index (κ3) is 3.58. The van der Waals surface area contributed by atoms with Gasteiger partial charge >= 0.3 is 0 Å². The molecule has 0 saturated heterocycles. The first-order chi connectivity index (χ1) is 9.18. The lowest BCUT2D eigenvalue weighted by Crippen LogP contribution is -2.24. The van der Waals surface area contributed by atoms with E-state index in [1.807, 2.05) is 18.2 Å². The van der Waals surface area contributed by atoms with Crippen molar-refractivity contribution in [1.82, 2.24) is 15.1 Å². The molecule has 4 nitrogen and oxygen atoms in total. The summed E-state index contributed by atoms with van der Waals surface area (Å²) in [5.41, 5.74) is 1.69. The maximum atomic E-state index is 11.8. The molecule has 19 heavy (non-hydrogen) atoms. The quantitative estimate of drug-likeness (QED) is 0.854. The zero-order valence-corrected chi connectivity index (χ0v) is 11.5. The summed E-state index contributed by atoms with van der Waals surface area (Å²) in [5, 5.41) is 7.15. The van der Waals surface area contributed by atoms with Crippen molar-refractivity contribution in [3.05, 3.63) is 52.8 Å². The second-order valence-electron chi connectivity index (χ2n) is 4.32. The van der Waals surface area contributed by atoms with Crippen molar-refractivity contribution in [3.8, 4) is 0 Å². The van der Waals surface area contributed by atoms with Crippen LogP contribution in [0.25, 0.3) is 0 Å². The molecule has 1 amide bonds. The number of hydrogen-bond acceptors (Lipinski definition) is 2. The summed E-state index contributed by atoms with van der Waals surface area (Å²) < 4.78 is 1.47. The first kappa shape index (κ1) is 13.6. The van der Waals surface area contributed by atoms with Gasteiger partial charge in [-0.1, -0.05) is 41.9 Å². The summed E-state index contributed by atoms with van der Waals surface area (Å²) in [5.74, 6) is -0.175. The standard InChI is InChI=1S/C14H16ClN3O/c1-18-13(15)12(10-17-18)14(19)16-9-5-8-11-6-3-2-4-7-11/h2-4,6-7,10H,5,8-9H2,1H3,(H,16,19). The largest absolute Gasteiger partial charge is 0.352 e. The van der Waals surface area contributed by atoms with Crippen LogP contribution in [0.2, 0.25) is 5.15 Å². The minimum Gasteiger partial charge on any atom is -0.352 e. The van der Waals surface area contributed by atoms with E-state index >= 15 is 0 Å². The van der Waals surface area contributed by atoms with Crippen LogP contribution in [0.15, 0.2) is 36.5 Å². The van der Waals surface area contributed by atoms with Gasteiger partial charge in [-0.15, -0.1) is 0 Å². The molecule has 0 bridgehead atoms. The molecule has 1 aromatic carbocycles. The van der Waals surface area contributed by atoms with Gasteiger partial charge in [-0.2, -0.15) is 5.10 Å². The van der Waals surface area contributed by atoms with E-state index in [0.29, 0.717) is 17.3 Å². The van der Waals surface area contributed by atoms with Crippen LogP contribution >= 0.6 is 11.6 Å². The molecule has 5 heteroatoms. The van der Waals surface area contributed by atoms with Crippen LogP contribution in [-0.4, -0.2) is 22.2 Å². The molecule has 0 spiro atoms. The Hall–Kier alpha value is -1.81. The van der Waals surface area contributed by atoms with Gasteiger partial charge in [-0.3, -0.25) is 9.48 Å². The van der Waals surface area contributed by atoms with Gasteiger partial charge in [-0.05, 0) is 18.4 Å². The molecule has 1 N–H and O–H groups in total. The molecule has 0 aliphatic carbocycles. The predicted octanol–water partition coefficient (Wildman–Crippen LogP) is 2.44. The first-order valence-corrected chi connectivity index (χ1v) is 6.56. The van der Waals surface area contributed by atoms with E-state index in [1.54, 1.807) is 7.05 Å². The topological polar surface area (TPSA) is 46.9 Å². The monoisotopic (exact) mass is 277 g/mol. The third-order valence-electron chi connectivity index (χ3n) is 2.88. The lowest BCUT2D eigenvalue weighted by molar-refractivity contribution is 0.0953. The lowest BCUT2D eigenvalue weighted by Gasteiger charge is -2.04. The SMILES string of the molecule is Cn1ncc(C(=O)NCCCc2ccccc2)c1Cl. The molecule has 2 aromatic rings. The normalized spacial score (nSPS) is 10.4. The lowest BCUT2D eigenvalue weighted by atomic mass is 10.1. The van der Waals surface area contributed by atoms with Crippen LogP contribution in [-0.2, 0) is 13.5 Å². The maximum absolute atomic E-state index is 11.8. The molecule has 2 rings (SSSR count). The predicted molar refractivity (Wildman–Crippen MR) is 75.3 cm³/mol. The zero-order valence-electron chi connectivity index (χ0n) is 10.8. The number of nitrogens with one attached hydrogen (secondary N) is 1. The van der Waals surface area contributed by atoms with Gasteiger partial charge < -0.3 is 5.32 Å². The van der Waals surface area contributed by atoms with Gasteiger partial charge in [0, 0.05) is 13.6 Å². The van der Waals surface area contributed by atoms with Crippen molar-refractivity contribution in [3.63, 3.8) is 0 Å². The number of aryl methyl sites for hydroxylation is 2. The molecule has 1 aromatic heterocycles. The Kier molecular flexibility index (Phi) is 4.58. The van der Waals surface area contributed by atoms with Crippen LogP contribution < -0.4 is 5.32 Å². The number of carbonyl (C=O) groups excluding carboxylic acids is 1. The number of aromatic nitrogens is 2. The Balaban J connectivity index is 1.77. The highest BCUT2D eigenvalue weighted by Gasteiger charge is 2.13. The van der Waals surface area contributed by atoms with Gasteiger partial charge in [0.05, 0.1) is 11.8 Å². The average Bonchev–Trinajstić information content (AvgIpc) is 2.76. The highest BCUT2D eigenvalue weighted by molar-refractivity contribution is 6.32. The van der Waals surface area contributed by atoms with Crippen molar-refractivity contribution in [2.24, 2.45) is 7.05 Å². The summed E-state index contributed by atoms with van der Waals surface area (Å²) in [6.45, 7) is 0.624. The molecular weight excluding hydrogens is 262 g/mol. The number of nitrogens with zero attached hydrogens (tertiary/aromatic N) is 2. The Morgan fingerprint density at radius 3 is 2.74 bits per heavy atom. The molecule has 0 radical (unpaired) electrons. The molecule has 0 unspecified atom stereocenters. The van der Waals surface area contributed by atoms with Gasteiger partial charge in [0.25, 0.3) is 5.91 Å². The number of carbonyl (C=O) groups is 1. The number of halogens is 1. The highest BCUT2D eigenvalue weighted by Crippen LogP contribution is 2.13. The first-order valence-electron chi connectivity index (χ1n) is 6.18.